The molecule has 0 bridgehead atoms. The summed E-state index contributed by atoms with van der Waals surface area (Å²) in [6, 6.07) is 0. The van der Waals surface area contributed by atoms with E-state index in [1.165, 1.54) is 0 Å². The average molecular weight is 189 g/mol. The fourth-order valence-corrected chi connectivity index (χ4v) is 1.69. The van der Waals surface area contributed by atoms with Crippen molar-refractivity contribution in [2.45, 2.75) is 6.92 Å². The van der Waals surface area contributed by atoms with Gasteiger partial charge in [-0.3, -0.25) is 9.79 Å². The van der Waals surface area contributed by atoms with Crippen LogP contribution in [0.3, 0.4) is 0 Å². The van der Waals surface area contributed by atoms with Crippen LogP contribution in [0, 0.1) is 11.8 Å². The highest BCUT2D eigenvalue weighted by molar-refractivity contribution is 6.03. The van der Waals surface area contributed by atoms with Crippen molar-refractivity contribution in [3.05, 3.63) is 36.1 Å². The van der Waals surface area contributed by atoms with Crippen LogP contribution in [0.5, 0.6) is 0 Å². The van der Waals surface area contributed by atoms with Gasteiger partial charge < -0.3 is 5.11 Å². The van der Waals surface area contributed by atoms with Crippen molar-refractivity contribution in [3.63, 3.8) is 0 Å². The lowest BCUT2D eigenvalue weighted by Crippen LogP contribution is -2.20. The van der Waals surface area contributed by atoms with E-state index in [1.807, 2.05) is 24.3 Å². The van der Waals surface area contributed by atoms with Crippen molar-refractivity contribution in [3.8, 4) is 0 Å². The quantitative estimate of drug-likeness (QED) is 0.719. The van der Waals surface area contributed by atoms with Crippen LogP contribution in [0.4, 0.5) is 0 Å². The van der Waals surface area contributed by atoms with Gasteiger partial charge >= 0.3 is 5.97 Å². The Balaban J connectivity index is 2.23. The predicted octanol–water partition coefficient (Wildman–Crippen LogP) is 1.79. The molecule has 0 radical (unpaired) electrons. The van der Waals surface area contributed by atoms with E-state index in [1.54, 1.807) is 13.1 Å². The van der Waals surface area contributed by atoms with Crippen LogP contribution >= 0.6 is 0 Å². The van der Waals surface area contributed by atoms with Crippen molar-refractivity contribution in [1.29, 1.82) is 0 Å². The molecule has 3 heteroatoms. The number of nitrogens with zero attached hydrogens (tertiary/aromatic N) is 1. The number of carbonyl (C=O) groups is 1. The maximum absolute atomic E-state index is 10.8. The standard InChI is InChI=1S/C11H11NO2/c1-7(11(13)14)9-6-12-10-5-3-2-4-8(9)10/h2-8H,1H3,(H,13,14). The molecule has 2 atom stereocenters. The number of aliphatic imine (C=N–C) groups is 1. The molecule has 0 spiro atoms. The molecule has 0 fully saturated rings. The molecule has 1 aliphatic heterocycles. The van der Waals surface area contributed by atoms with Gasteiger partial charge in [0.2, 0.25) is 0 Å². The summed E-state index contributed by atoms with van der Waals surface area (Å²) in [4.78, 5) is 15.0. The van der Waals surface area contributed by atoms with Crippen LogP contribution in [0.1, 0.15) is 6.92 Å². The Hall–Kier alpha value is -1.64. The smallest absolute Gasteiger partial charge is 0.310 e. The van der Waals surface area contributed by atoms with Crippen molar-refractivity contribution in [2.75, 3.05) is 0 Å². The van der Waals surface area contributed by atoms with Gasteiger partial charge in [-0.1, -0.05) is 18.2 Å². The Bertz CT molecular complexity index is 388. The number of aliphatic carboxylic acids is 1. The Morgan fingerprint density at radius 2 is 2.36 bits per heavy atom. The first-order chi connectivity index (χ1) is 6.70. The molecule has 0 aromatic heterocycles. The van der Waals surface area contributed by atoms with E-state index in [0.29, 0.717) is 0 Å². The molecule has 2 unspecified atom stereocenters. The molecule has 2 rings (SSSR count). The predicted molar refractivity (Wildman–Crippen MR) is 54.1 cm³/mol. The van der Waals surface area contributed by atoms with Crippen molar-refractivity contribution < 1.29 is 9.90 Å². The topological polar surface area (TPSA) is 49.7 Å². The first-order valence-electron chi connectivity index (χ1n) is 4.55. The Labute approximate surface area is 82.2 Å². The van der Waals surface area contributed by atoms with Crippen LogP contribution in [0.15, 0.2) is 41.1 Å². The number of carboxylic acids is 1. The minimum Gasteiger partial charge on any atom is -0.481 e. The third-order valence-electron chi connectivity index (χ3n) is 2.59. The zero-order valence-electron chi connectivity index (χ0n) is 7.84. The zero-order valence-corrected chi connectivity index (χ0v) is 7.84. The molecule has 0 saturated heterocycles. The third-order valence-corrected chi connectivity index (χ3v) is 2.59. The van der Waals surface area contributed by atoms with E-state index in [2.05, 4.69) is 4.99 Å². The summed E-state index contributed by atoms with van der Waals surface area (Å²) in [6.45, 7) is 1.69. The number of allylic oxidation sites excluding steroid dienone is 4. The lowest BCUT2D eigenvalue weighted by molar-refractivity contribution is -0.139. The van der Waals surface area contributed by atoms with E-state index in [0.717, 1.165) is 11.3 Å². The number of carboxylic acid groups (broad SMARTS) is 1. The van der Waals surface area contributed by atoms with Gasteiger partial charge in [-0.05, 0) is 18.6 Å². The first kappa shape index (κ1) is 8.94. The van der Waals surface area contributed by atoms with Gasteiger partial charge in [-0.25, -0.2) is 0 Å². The second-order valence-corrected chi connectivity index (χ2v) is 3.46. The summed E-state index contributed by atoms with van der Waals surface area (Å²) in [5, 5.41) is 8.90. The molecule has 0 aromatic carbocycles. The minimum atomic E-state index is -0.796. The summed E-state index contributed by atoms with van der Waals surface area (Å²) < 4.78 is 0. The molecule has 1 N–H and O–H groups in total. The van der Waals surface area contributed by atoms with E-state index in [4.69, 9.17) is 5.11 Å². The van der Waals surface area contributed by atoms with Crippen LogP contribution in [-0.4, -0.2) is 16.8 Å². The molecule has 0 saturated carbocycles. The molecule has 0 aromatic rings. The monoisotopic (exact) mass is 189 g/mol. The Morgan fingerprint density at radius 1 is 1.57 bits per heavy atom. The minimum absolute atomic E-state index is 0.0751. The van der Waals surface area contributed by atoms with Gasteiger partial charge in [0.25, 0.3) is 0 Å². The van der Waals surface area contributed by atoms with Crippen LogP contribution in [0.2, 0.25) is 0 Å². The molecule has 0 amide bonds. The van der Waals surface area contributed by atoms with E-state index >= 15 is 0 Å². The zero-order chi connectivity index (χ0) is 10.1. The van der Waals surface area contributed by atoms with Gasteiger partial charge in [-0.2, -0.15) is 0 Å². The highest BCUT2D eigenvalue weighted by Crippen LogP contribution is 2.30. The highest BCUT2D eigenvalue weighted by atomic mass is 16.4. The molecular weight excluding hydrogens is 178 g/mol. The summed E-state index contributed by atoms with van der Waals surface area (Å²) in [7, 11) is 0. The first-order valence-corrected chi connectivity index (χ1v) is 4.55. The van der Waals surface area contributed by atoms with Gasteiger partial charge in [0.05, 0.1) is 11.6 Å². The van der Waals surface area contributed by atoms with E-state index in [-0.39, 0.29) is 5.92 Å². The van der Waals surface area contributed by atoms with Crippen molar-refractivity contribution in [2.24, 2.45) is 16.8 Å². The van der Waals surface area contributed by atoms with Crippen LogP contribution < -0.4 is 0 Å². The number of hydrogen-bond donors (Lipinski definition) is 1. The van der Waals surface area contributed by atoms with Gasteiger partial charge in [0, 0.05) is 12.1 Å². The highest BCUT2D eigenvalue weighted by Gasteiger charge is 2.29. The van der Waals surface area contributed by atoms with Crippen LogP contribution in [0.25, 0.3) is 0 Å². The Morgan fingerprint density at radius 3 is 3.07 bits per heavy atom. The summed E-state index contributed by atoms with van der Waals surface area (Å²) in [6.07, 6.45) is 9.42. The molecule has 1 aliphatic carbocycles. The van der Waals surface area contributed by atoms with E-state index in [9.17, 15) is 4.79 Å². The molecule has 3 nitrogen and oxygen atoms in total. The lowest BCUT2D eigenvalue weighted by atomic mass is 9.86. The summed E-state index contributed by atoms with van der Waals surface area (Å²) in [5.74, 6) is -1.18. The largest absolute Gasteiger partial charge is 0.481 e. The average Bonchev–Trinajstić information content (AvgIpc) is 2.60. The van der Waals surface area contributed by atoms with Gasteiger partial charge in [-0.15, -0.1) is 0 Å². The molecule has 1 heterocycles. The lowest BCUT2D eigenvalue weighted by Gasteiger charge is -2.16. The van der Waals surface area contributed by atoms with Gasteiger partial charge in [0.1, 0.15) is 0 Å². The fraction of sp³-hybridized carbons (Fsp3) is 0.273. The number of hydrogen-bond acceptors (Lipinski definition) is 2. The summed E-state index contributed by atoms with van der Waals surface area (Å²) in [5.41, 5.74) is 1.81. The van der Waals surface area contributed by atoms with Crippen molar-refractivity contribution >= 4 is 11.7 Å². The number of rotatable bonds is 2. The second kappa shape index (κ2) is 3.25. The molecule has 72 valence electrons. The molecule has 2 aliphatic rings. The van der Waals surface area contributed by atoms with Gasteiger partial charge in [0.15, 0.2) is 0 Å². The van der Waals surface area contributed by atoms with Crippen molar-refractivity contribution in [1.82, 2.24) is 0 Å². The molecular formula is C11H11NO2. The summed E-state index contributed by atoms with van der Waals surface area (Å²) >= 11 is 0. The van der Waals surface area contributed by atoms with Crippen LogP contribution in [-0.2, 0) is 4.79 Å². The molecule has 14 heavy (non-hydrogen) atoms. The maximum Gasteiger partial charge on any atom is 0.310 e. The second-order valence-electron chi connectivity index (χ2n) is 3.46. The SMILES string of the molecule is CC(C(=O)O)C1=CN=C2C=CC=CC12. The fourth-order valence-electron chi connectivity index (χ4n) is 1.69. The Kier molecular flexibility index (Phi) is 2.08. The number of fused-ring (bicyclic) bond motifs is 1. The normalized spacial score (nSPS) is 25.4. The third kappa shape index (κ3) is 1.31. The van der Waals surface area contributed by atoms with E-state index < -0.39 is 11.9 Å². The maximum atomic E-state index is 10.8.